The molecule has 6 nitrogen and oxygen atoms in total. The van der Waals surface area contributed by atoms with Crippen molar-refractivity contribution in [3.05, 3.63) is 64.7 Å². The minimum atomic E-state index is -3.65. The lowest BCUT2D eigenvalue weighted by Crippen LogP contribution is -2.30. The first-order valence-corrected chi connectivity index (χ1v) is 11.9. The summed E-state index contributed by atoms with van der Waals surface area (Å²) in [5.74, 6) is -0.290. The molecule has 2 aromatic carbocycles. The van der Waals surface area contributed by atoms with Crippen molar-refractivity contribution in [3.63, 3.8) is 0 Å². The number of amides is 1. The number of aryl methyl sites for hydroxylation is 1. The molecular formula is C23H33N3O3S. The number of carbonyl (C=O) groups excluding carboxylic acids is 1. The molecule has 0 aliphatic carbocycles. The number of carbonyl (C=O) groups is 1. The first-order chi connectivity index (χ1) is 14.2. The molecule has 0 aromatic heterocycles. The van der Waals surface area contributed by atoms with Crippen molar-refractivity contribution >= 4 is 15.9 Å². The van der Waals surface area contributed by atoms with Gasteiger partial charge in [0.2, 0.25) is 10.0 Å². The third-order valence-electron chi connectivity index (χ3n) is 4.93. The van der Waals surface area contributed by atoms with Crippen molar-refractivity contribution in [1.82, 2.24) is 14.9 Å². The van der Waals surface area contributed by atoms with Gasteiger partial charge in [-0.3, -0.25) is 9.69 Å². The molecule has 0 heterocycles. The van der Waals surface area contributed by atoms with Crippen molar-refractivity contribution < 1.29 is 13.2 Å². The van der Waals surface area contributed by atoms with Crippen LogP contribution >= 0.6 is 0 Å². The predicted molar refractivity (Wildman–Crippen MR) is 121 cm³/mol. The smallest absolute Gasteiger partial charge is 0.251 e. The Morgan fingerprint density at radius 3 is 2.17 bits per heavy atom. The van der Waals surface area contributed by atoms with Crippen LogP contribution in [0.1, 0.15) is 54.7 Å². The average Bonchev–Trinajstić information content (AvgIpc) is 2.70. The Kier molecular flexibility index (Phi) is 8.58. The fraction of sp³-hybridized carbons (Fsp3) is 0.435. The quantitative estimate of drug-likeness (QED) is 0.604. The molecule has 0 aliphatic heterocycles. The van der Waals surface area contributed by atoms with Gasteiger partial charge in [0.05, 0.1) is 4.90 Å². The molecule has 0 aliphatic rings. The predicted octanol–water partition coefficient (Wildman–Crippen LogP) is 3.45. The molecule has 1 amide bonds. The molecule has 0 saturated heterocycles. The SMILES string of the molecule is CCN(CC)Cc1ccc(CNC(=O)c2cc(S(=O)(=O)NC(C)C)ccc2C)cc1. The molecule has 2 aromatic rings. The van der Waals surface area contributed by atoms with E-state index in [9.17, 15) is 13.2 Å². The van der Waals surface area contributed by atoms with Gasteiger partial charge in [-0.05, 0) is 62.7 Å². The van der Waals surface area contributed by atoms with Gasteiger partial charge in [0.25, 0.3) is 5.91 Å². The van der Waals surface area contributed by atoms with Crippen LogP contribution in [0.25, 0.3) is 0 Å². The van der Waals surface area contributed by atoms with Crippen LogP contribution in [-0.4, -0.2) is 38.4 Å². The number of rotatable bonds is 10. The molecule has 0 atom stereocenters. The summed E-state index contributed by atoms with van der Waals surface area (Å²) in [5, 5.41) is 2.89. The van der Waals surface area contributed by atoms with E-state index in [1.165, 1.54) is 17.7 Å². The van der Waals surface area contributed by atoms with Gasteiger partial charge in [-0.15, -0.1) is 0 Å². The first kappa shape index (κ1) is 24.1. The van der Waals surface area contributed by atoms with Crippen molar-refractivity contribution in [2.24, 2.45) is 0 Å². The van der Waals surface area contributed by atoms with Gasteiger partial charge >= 0.3 is 0 Å². The molecule has 2 N–H and O–H groups in total. The van der Waals surface area contributed by atoms with E-state index in [0.29, 0.717) is 12.1 Å². The molecule has 2 rings (SSSR count). The normalized spacial score (nSPS) is 11.8. The molecule has 0 spiro atoms. The Hall–Kier alpha value is -2.22. The Morgan fingerprint density at radius 1 is 1.00 bits per heavy atom. The summed E-state index contributed by atoms with van der Waals surface area (Å²) < 4.78 is 27.4. The standard InChI is InChI=1S/C23H33N3O3S/c1-6-26(7-2)16-20-11-9-19(10-12-20)15-24-23(27)22-14-21(13-8-18(22)5)30(28,29)25-17(3)4/h8-14,17,25H,6-7,15-16H2,1-5H3,(H,24,27). The van der Waals surface area contributed by atoms with E-state index in [2.05, 4.69) is 40.9 Å². The number of nitrogens with zero attached hydrogens (tertiary/aromatic N) is 1. The lowest BCUT2D eigenvalue weighted by molar-refractivity contribution is 0.0950. The first-order valence-electron chi connectivity index (χ1n) is 10.4. The van der Waals surface area contributed by atoms with E-state index in [1.54, 1.807) is 26.8 Å². The Bertz CT molecular complexity index is 950. The summed E-state index contributed by atoms with van der Waals surface area (Å²) in [4.78, 5) is 15.1. The number of hydrogen-bond donors (Lipinski definition) is 2. The van der Waals surface area contributed by atoms with Crippen LogP contribution in [0.5, 0.6) is 0 Å². The fourth-order valence-corrected chi connectivity index (χ4v) is 4.41. The van der Waals surface area contributed by atoms with Crippen LogP contribution in [0.2, 0.25) is 0 Å². The molecule has 7 heteroatoms. The average molecular weight is 432 g/mol. The maximum absolute atomic E-state index is 12.7. The van der Waals surface area contributed by atoms with Crippen molar-refractivity contribution in [2.75, 3.05) is 13.1 Å². The van der Waals surface area contributed by atoms with Crippen molar-refractivity contribution in [2.45, 2.75) is 58.6 Å². The van der Waals surface area contributed by atoms with Crippen LogP contribution < -0.4 is 10.0 Å². The second kappa shape index (κ2) is 10.7. The minimum absolute atomic E-state index is 0.0905. The number of sulfonamides is 1. The van der Waals surface area contributed by atoms with Crippen LogP contribution in [0.3, 0.4) is 0 Å². The maximum Gasteiger partial charge on any atom is 0.251 e. The molecular weight excluding hydrogens is 398 g/mol. The van der Waals surface area contributed by atoms with Crippen LogP contribution in [-0.2, 0) is 23.1 Å². The highest BCUT2D eigenvalue weighted by molar-refractivity contribution is 7.89. The van der Waals surface area contributed by atoms with Crippen molar-refractivity contribution in [1.29, 1.82) is 0 Å². The monoisotopic (exact) mass is 431 g/mol. The zero-order valence-electron chi connectivity index (χ0n) is 18.5. The summed E-state index contributed by atoms with van der Waals surface area (Å²) in [6.45, 7) is 12.9. The van der Waals surface area contributed by atoms with Gasteiger partial charge in [-0.25, -0.2) is 13.1 Å². The zero-order valence-corrected chi connectivity index (χ0v) is 19.3. The molecule has 164 valence electrons. The largest absolute Gasteiger partial charge is 0.348 e. The van der Waals surface area contributed by atoms with Gasteiger partial charge in [0.15, 0.2) is 0 Å². The fourth-order valence-electron chi connectivity index (χ4n) is 3.14. The van der Waals surface area contributed by atoms with Crippen LogP contribution in [0.15, 0.2) is 47.4 Å². The number of benzene rings is 2. The highest BCUT2D eigenvalue weighted by atomic mass is 32.2. The molecule has 0 unspecified atom stereocenters. The zero-order chi connectivity index (χ0) is 22.3. The molecule has 30 heavy (non-hydrogen) atoms. The highest BCUT2D eigenvalue weighted by Crippen LogP contribution is 2.16. The highest BCUT2D eigenvalue weighted by Gasteiger charge is 2.18. The summed E-state index contributed by atoms with van der Waals surface area (Å²) >= 11 is 0. The Balaban J connectivity index is 2.07. The Morgan fingerprint density at radius 2 is 1.60 bits per heavy atom. The van der Waals surface area contributed by atoms with E-state index in [1.807, 2.05) is 12.1 Å². The van der Waals surface area contributed by atoms with E-state index in [4.69, 9.17) is 0 Å². The van der Waals surface area contributed by atoms with E-state index in [-0.39, 0.29) is 16.8 Å². The third-order valence-corrected chi connectivity index (χ3v) is 6.59. The maximum atomic E-state index is 12.7. The van der Waals surface area contributed by atoms with E-state index in [0.717, 1.165) is 30.8 Å². The molecule has 0 fully saturated rings. The molecule has 0 radical (unpaired) electrons. The number of nitrogens with one attached hydrogen (secondary N) is 2. The Labute approximate surface area is 180 Å². The minimum Gasteiger partial charge on any atom is -0.348 e. The molecule has 0 saturated carbocycles. The van der Waals surface area contributed by atoms with Crippen LogP contribution in [0.4, 0.5) is 0 Å². The summed E-state index contributed by atoms with van der Waals surface area (Å²) in [6, 6.07) is 12.6. The van der Waals surface area contributed by atoms with E-state index < -0.39 is 10.0 Å². The van der Waals surface area contributed by atoms with E-state index >= 15 is 0 Å². The third kappa shape index (κ3) is 6.65. The lowest BCUT2D eigenvalue weighted by Gasteiger charge is -2.18. The van der Waals surface area contributed by atoms with Gasteiger partial charge in [0, 0.05) is 24.7 Å². The second-order valence-electron chi connectivity index (χ2n) is 7.71. The van der Waals surface area contributed by atoms with Gasteiger partial charge in [-0.1, -0.05) is 44.2 Å². The second-order valence-corrected chi connectivity index (χ2v) is 9.43. The lowest BCUT2D eigenvalue weighted by atomic mass is 10.1. The number of hydrogen-bond acceptors (Lipinski definition) is 4. The molecule has 0 bridgehead atoms. The van der Waals surface area contributed by atoms with Gasteiger partial charge < -0.3 is 5.32 Å². The van der Waals surface area contributed by atoms with Crippen molar-refractivity contribution in [3.8, 4) is 0 Å². The summed E-state index contributed by atoms with van der Waals surface area (Å²) in [5.41, 5.74) is 3.32. The van der Waals surface area contributed by atoms with Crippen LogP contribution in [0, 0.1) is 6.92 Å². The van der Waals surface area contributed by atoms with Gasteiger partial charge in [0.1, 0.15) is 0 Å². The topological polar surface area (TPSA) is 78.5 Å². The summed E-state index contributed by atoms with van der Waals surface area (Å²) in [7, 11) is -3.65. The van der Waals surface area contributed by atoms with Gasteiger partial charge in [-0.2, -0.15) is 0 Å². The summed E-state index contributed by atoms with van der Waals surface area (Å²) in [6.07, 6.45) is 0.